The minimum Gasteiger partial charge on any atom is -0.459 e. The molecule has 5 atom stereocenters. The van der Waals surface area contributed by atoms with Crippen LogP contribution in [0.15, 0.2) is 36.0 Å². The Morgan fingerprint density at radius 1 is 1.35 bits per heavy atom. The second kappa shape index (κ2) is 8.43. The van der Waals surface area contributed by atoms with Crippen molar-refractivity contribution in [1.29, 1.82) is 0 Å². The van der Waals surface area contributed by atoms with Crippen LogP contribution in [-0.4, -0.2) is 47.2 Å². The van der Waals surface area contributed by atoms with E-state index in [9.17, 15) is 15.0 Å². The van der Waals surface area contributed by atoms with Crippen molar-refractivity contribution < 1.29 is 24.5 Å². The molecule has 5 nitrogen and oxygen atoms in total. The van der Waals surface area contributed by atoms with E-state index < -0.39 is 17.7 Å². The molecule has 0 aromatic rings. The fraction of sp³-hybridized carbons (Fsp3) is 0.611. The molecule has 0 bridgehead atoms. The molecule has 0 spiro atoms. The number of esters is 1. The van der Waals surface area contributed by atoms with Crippen LogP contribution in [0.1, 0.15) is 34.1 Å². The molecule has 0 unspecified atom stereocenters. The SMILES string of the molecule is CO[C@H]1/C=C/[C@@](C)(O)/C=C/C(=O)O[C@H](C)[C@@H](C)C[C@@H](O)/C=C/1C. The van der Waals surface area contributed by atoms with E-state index in [4.69, 9.17) is 9.47 Å². The van der Waals surface area contributed by atoms with Crippen LogP contribution in [0.25, 0.3) is 0 Å². The molecule has 0 saturated heterocycles. The molecule has 0 radical (unpaired) electrons. The van der Waals surface area contributed by atoms with Crippen molar-refractivity contribution in [3.63, 3.8) is 0 Å². The van der Waals surface area contributed by atoms with Crippen LogP contribution in [0.3, 0.4) is 0 Å². The lowest BCUT2D eigenvalue weighted by molar-refractivity contribution is -0.144. The summed E-state index contributed by atoms with van der Waals surface area (Å²) in [5.74, 6) is -0.522. The molecule has 2 N–H and O–H groups in total. The summed E-state index contributed by atoms with van der Waals surface area (Å²) in [6.07, 6.45) is 6.72. The normalized spacial score (nSPS) is 42.0. The van der Waals surface area contributed by atoms with Gasteiger partial charge in [0, 0.05) is 13.2 Å². The number of rotatable bonds is 1. The number of methoxy groups -OCH3 is 1. The van der Waals surface area contributed by atoms with Crippen molar-refractivity contribution in [2.75, 3.05) is 7.11 Å². The molecule has 0 amide bonds. The molecule has 5 heteroatoms. The van der Waals surface area contributed by atoms with E-state index in [2.05, 4.69) is 0 Å². The highest BCUT2D eigenvalue weighted by atomic mass is 16.5. The number of hydrogen-bond acceptors (Lipinski definition) is 5. The Bertz CT molecular complexity index is 490. The third kappa shape index (κ3) is 6.69. The van der Waals surface area contributed by atoms with Crippen molar-refractivity contribution in [3.8, 4) is 0 Å². The van der Waals surface area contributed by atoms with Crippen molar-refractivity contribution in [1.82, 2.24) is 0 Å². The van der Waals surface area contributed by atoms with Crippen molar-refractivity contribution in [3.05, 3.63) is 36.0 Å². The van der Waals surface area contributed by atoms with E-state index in [1.807, 2.05) is 13.8 Å². The zero-order valence-electron chi connectivity index (χ0n) is 14.5. The van der Waals surface area contributed by atoms with Gasteiger partial charge in [0.2, 0.25) is 0 Å². The fourth-order valence-electron chi connectivity index (χ4n) is 2.37. The van der Waals surface area contributed by atoms with Crippen LogP contribution in [0.4, 0.5) is 0 Å². The van der Waals surface area contributed by atoms with Gasteiger partial charge in [-0.15, -0.1) is 0 Å². The molecular formula is C18H28O5. The zero-order valence-corrected chi connectivity index (χ0v) is 14.5. The number of hydrogen-bond donors (Lipinski definition) is 2. The third-order valence-corrected chi connectivity index (χ3v) is 4.04. The molecule has 0 saturated carbocycles. The van der Waals surface area contributed by atoms with Crippen molar-refractivity contribution >= 4 is 5.97 Å². The van der Waals surface area contributed by atoms with Gasteiger partial charge < -0.3 is 19.7 Å². The summed E-state index contributed by atoms with van der Waals surface area (Å²) in [6, 6.07) is 0. The van der Waals surface area contributed by atoms with Gasteiger partial charge in [-0.1, -0.05) is 25.2 Å². The Morgan fingerprint density at radius 3 is 2.61 bits per heavy atom. The van der Waals surface area contributed by atoms with E-state index in [-0.39, 0.29) is 18.1 Å². The van der Waals surface area contributed by atoms with Gasteiger partial charge in [0.05, 0.1) is 17.8 Å². The van der Waals surface area contributed by atoms with E-state index in [1.165, 1.54) is 12.2 Å². The molecular weight excluding hydrogens is 296 g/mol. The highest BCUT2D eigenvalue weighted by molar-refractivity contribution is 5.82. The minimum absolute atomic E-state index is 0.00797. The first-order chi connectivity index (χ1) is 10.6. The fourth-order valence-corrected chi connectivity index (χ4v) is 2.37. The quantitative estimate of drug-likeness (QED) is 0.571. The Morgan fingerprint density at radius 2 is 2.00 bits per heavy atom. The van der Waals surface area contributed by atoms with Gasteiger partial charge in [0.15, 0.2) is 0 Å². The highest BCUT2D eigenvalue weighted by Crippen LogP contribution is 2.19. The predicted molar refractivity (Wildman–Crippen MR) is 88.8 cm³/mol. The molecule has 1 heterocycles. The Hall–Kier alpha value is -1.43. The van der Waals surface area contributed by atoms with Gasteiger partial charge in [0.1, 0.15) is 6.10 Å². The number of ether oxygens (including phenoxy) is 2. The summed E-state index contributed by atoms with van der Waals surface area (Å²) in [5, 5.41) is 20.5. The van der Waals surface area contributed by atoms with Gasteiger partial charge >= 0.3 is 5.97 Å². The van der Waals surface area contributed by atoms with Gasteiger partial charge in [0.25, 0.3) is 0 Å². The summed E-state index contributed by atoms with van der Waals surface area (Å²) < 4.78 is 10.7. The number of aliphatic hydroxyl groups is 2. The van der Waals surface area contributed by atoms with Gasteiger partial charge in [-0.3, -0.25) is 0 Å². The Labute approximate surface area is 138 Å². The summed E-state index contributed by atoms with van der Waals surface area (Å²) >= 11 is 0. The third-order valence-electron chi connectivity index (χ3n) is 4.04. The molecule has 0 aromatic heterocycles. The van der Waals surface area contributed by atoms with Crippen LogP contribution in [-0.2, 0) is 14.3 Å². The van der Waals surface area contributed by atoms with Crippen LogP contribution in [0.2, 0.25) is 0 Å². The molecule has 0 fully saturated rings. The first-order valence-corrected chi connectivity index (χ1v) is 7.85. The molecule has 0 aromatic carbocycles. The standard InChI is InChI=1S/C18H28O5/c1-12-10-15(19)11-13(2)16(22-5)6-8-18(4,21)9-7-17(20)23-14(12)3/h6-9,11-12,14-16,19,21H,10H2,1-5H3/b8-6+,9-7+,13-11+/t12-,14+,15+,16-,18+/m0/s1. The zero-order chi connectivity index (χ0) is 17.6. The summed E-state index contributed by atoms with van der Waals surface area (Å²) in [4.78, 5) is 11.8. The number of aliphatic hydroxyl groups excluding tert-OH is 1. The van der Waals surface area contributed by atoms with E-state index in [0.29, 0.717) is 6.42 Å². The van der Waals surface area contributed by atoms with Crippen LogP contribution in [0.5, 0.6) is 0 Å². The second-order valence-corrected chi connectivity index (χ2v) is 6.41. The maximum Gasteiger partial charge on any atom is 0.330 e. The molecule has 1 aliphatic rings. The van der Waals surface area contributed by atoms with Gasteiger partial charge in [-0.2, -0.15) is 0 Å². The van der Waals surface area contributed by atoms with E-state index >= 15 is 0 Å². The first kappa shape index (κ1) is 19.6. The Balaban J connectivity index is 3.14. The maximum atomic E-state index is 11.8. The van der Waals surface area contributed by atoms with Gasteiger partial charge in [-0.05, 0) is 44.8 Å². The van der Waals surface area contributed by atoms with Crippen LogP contribution >= 0.6 is 0 Å². The highest BCUT2D eigenvalue weighted by Gasteiger charge is 2.21. The van der Waals surface area contributed by atoms with Crippen LogP contribution in [0, 0.1) is 5.92 Å². The largest absolute Gasteiger partial charge is 0.459 e. The lowest BCUT2D eigenvalue weighted by Gasteiger charge is -2.23. The average molecular weight is 324 g/mol. The smallest absolute Gasteiger partial charge is 0.330 e. The predicted octanol–water partition coefficient (Wildman–Crippen LogP) is 2.14. The number of carbonyl (C=O) groups excluding carboxylic acids is 1. The number of cyclic esters (lactones) is 1. The molecule has 1 aliphatic heterocycles. The lowest BCUT2D eigenvalue weighted by Crippen LogP contribution is -2.26. The molecule has 130 valence electrons. The average Bonchev–Trinajstić information content (AvgIpc) is 2.44. The molecule has 1 rings (SSSR count). The Kier molecular flexibility index (Phi) is 7.19. The maximum absolute atomic E-state index is 11.8. The van der Waals surface area contributed by atoms with Crippen molar-refractivity contribution in [2.45, 2.75) is 58.0 Å². The lowest BCUT2D eigenvalue weighted by atomic mass is 9.96. The second-order valence-electron chi connectivity index (χ2n) is 6.41. The monoisotopic (exact) mass is 324 g/mol. The van der Waals surface area contributed by atoms with E-state index in [0.717, 1.165) is 5.57 Å². The topological polar surface area (TPSA) is 76.0 Å². The number of carbonyl (C=O) groups is 1. The van der Waals surface area contributed by atoms with Gasteiger partial charge in [-0.25, -0.2) is 4.79 Å². The van der Waals surface area contributed by atoms with Crippen molar-refractivity contribution in [2.24, 2.45) is 5.92 Å². The molecule has 23 heavy (non-hydrogen) atoms. The first-order valence-electron chi connectivity index (χ1n) is 7.85. The van der Waals surface area contributed by atoms with Crippen LogP contribution < -0.4 is 0 Å². The summed E-state index contributed by atoms with van der Waals surface area (Å²) in [7, 11) is 1.56. The summed E-state index contributed by atoms with van der Waals surface area (Å²) in [5.41, 5.74) is -0.446. The minimum atomic E-state index is -1.30. The molecule has 0 aliphatic carbocycles. The van der Waals surface area contributed by atoms with E-state index in [1.54, 1.807) is 39.2 Å². The summed E-state index contributed by atoms with van der Waals surface area (Å²) in [6.45, 7) is 7.14.